The lowest BCUT2D eigenvalue weighted by molar-refractivity contribution is -0.122. The number of nitrogens with two attached hydrogens (primary N) is 1. The molecule has 0 aromatic heterocycles. The van der Waals surface area contributed by atoms with Gasteiger partial charge in [-0.1, -0.05) is 50.0 Å². The SMILES string of the molecule is CN(C(=O)C1CCCCCC1)c1ccccc1C(N)=S. The number of carbonyl (C=O) groups is 1. The van der Waals surface area contributed by atoms with Crippen molar-refractivity contribution in [1.29, 1.82) is 0 Å². The Bertz CT molecular complexity index is 493. The van der Waals surface area contributed by atoms with E-state index < -0.39 is 0 Å². The molecular formula is C16H22N2OS. The normalized spacial score (nSPS) is 16.4. The van der Waals surface area contributed by atoms with Crippen LogP contribution in [0.3, 0.4) is 0 Å². The molecule has 0 atom stereocenters. The highest BCUT2D eigenvalue weighted by Gasteiger charge is 2.25. The first kappa shape index (κ1) is 15.0. The average molecular weight is 290 g/mol. The minimum absolute atomic E-state index is 0.141. The molecule has 0 bridgehead atoms. The number of amides is 1. The molecule has 0 radical (unpaired) electrons. The van der Waals surface area contributed by atoms with E-state index in [-0.39, 0.29) is 11.8 Å². The second kappa shape index (κ2) is 6.84. The molecule has 2 rings (SSSR count). The van der Waals surface area contributed by atoms with Crippen LogP contribution in [-0.4, -0.2) is 17.9 Å². The highest BCUT2D eigenvalue weighted by atomic mass is 32.1. The fraction of sp³-hybridized carbons (Fsp3) is 0.500. The van der Waals surface area contributed by atoms with Crippen LogP contribution in [0.2, 0.25) is 0 Å². The Morgan fingerprint density at radius 2 is 1.80 bits per heavy atom. The Balaban J connectivity index is 2.19. The molecule has 1 saturated carbocycles. The Labute approximate surface area is 126 Å². The van der Waals surface area contributed by atoms with Crippen LogP contribution in [0.5, 0.6) is 0 Å². The van der Waals surface area contributed by atoms with E-state index in [1.807, 2.05) is 31.3 Å². The average Bonchev–Trinajstić information content (AvgIpc) is 2.74. The summed E-state index contributed by atoms with van der Waals surface area (Å²) >= 11 is 5.07. The van der Waals surface area contributed by atoms with Crippen LogP contribution in [0.4, 0.5) is 5.69 Å². The van der Waals surface area contributed by atoms with Crippen LogP contribution in [0.25, 0.3) is 0 Å². The molecule has 0 heterocycles. The Morgan fingerprint density at radius 3 is 2.40 bits per heavy atom. The Morgan fingerprint density at radius 1 is 1.20 bits per heavy atom. The third kappa shape index (κ3) is 3.37. The maximum Gasteiger partial charge on any atom is 0.229 e. The van der Waals surface area contributed by atoms with E-state index in [1.165, 1.54) is 12.8 Å². The molecule has 3 nitrogen and oxygen atoms in total. The molecule has 1 amide bonds. The number of rotatable bonds is 3. The Kier molecular flexibility index (Phi) is 5.12. The molecule has 1 aliphatic carbocycles. The smallest absolute Gasteiger partial charge is 0.229 e. The first-order valence-electron chi connectivity index (χ1n) is 7.27. The molecule has 4 heteroatoms. The summed E-state index contributed by atoms with van der Waals surface area (Å²) in [7, 11) is 1.82. The summed E-state index contributed by atoms with van der Waals surface area (Å²) in [5, 5.41) is 0. The summed E-state index contributed by atoms with van der Waals surface area (Å²) in [6, 6.07) is 7.58. The summed E-state index contributed by atoms with van der Waals surface area (Å²) in [4.78, 5) is 14.7. The summed E-state index contributed by atoms with van der Waals surface area (Å²) in [6.45, 7) is 0. The zero-order valence-electron chi connectivity index (χ0n) is 12.0. The lowest BCUT2D eigenvalue weighted by atomic mass is 9.98. The van der Waals surface area contributed by atoms with Gasteiger partial charge in [0.1, 0.15) is 4.99 Å². The summed E-state index contributed by atoms with van der Waals surface area (Å²) < 4.78 is 0. The monoisotopic (exact) mass is 290 g/mol. The van der Waals surface area contributed by atoms with E-state index in [0.29, 0.717) is 4.99 Å². The van der Waals surface area contributed by atoms with Gasteiger partial charge >= 0.3 is 0 Å². The van der Waals surface area contributed by atoms with E-state index in [0.717, 1.165) is 36.9 Å². The molecule has 0 spiro atoms. The van der Waals surface area contributed by atoms with Crippen LogP contribution >= 0.6 is 12.2 Å². The highest BCUT2D eigenvalue weighted by molar-refractivity contribution is 7.80. The summed E-state index contributed by atoms with van der Waals surface area (Å²) in [5.74, 6) is 0.331. The van der Waals surface area contributed by atoms with Gasteiger partial charge in [0.2, 0.25) is 5.91 Å². The zero-order valence-corrected chi connectivity index (χ0v) is 12.8. The number of nitrogens with zero attached hydrogens (tertiary/aromatic N) is 1. The van der Waals surface area contributed by atoms with Crippen molar-refractivity contribution in [2.45, 2.75) is 38.5 Å². The van der Waals surface area contributed by atoms with Crippen molar-refractivity contribution in [3.63, 3.8) is 0 Å². The number of anilines is 1. The molecule has 2 N–H and O–H groups in total. The van der Waals surface area contributed by atoms with Crippen molar-refractivity contribution in [1.82, 2.24) is 0 Å². The molecule has 108 valence electrons. The number of benzene rings is 1. The van der Waals surface area contributed by atoms with Crippen molar-refractivity contribution in [3.05, 3.63) is 29.8 Å². The third-order valence-corrected chi connectivity index (χ3v) is 4.29. The molecule has 1 aromatic carbocycles. The van der Waals surface area contributed by atoms with Crippen molar-refractivity contribution in [3.8, 4) is 0 Å². The van der Waals surface area contributed by atoms with Crippen molar-refractivity contribution in [2.75, 3.05) is 11.9 Å². The van der Waals surface area contributed by atoms with E-state index in [4.69, 9.17) is 18.0 Å². The predicted octanol–water partition coefficient (Wildman–Crippen LogP) is 3.25. The molecule has 1 fully saturated rings. The molecule has 0 aliphatic heterocycles. The lowest BCUT2D eigenvalue weighted by Gasteiger charge is -2.24. The second-order valence-electron chi connectivity index (χ2n) is 5.47. The predicted molar refractivity (Wildman–Crippen MR) is 86.9 cm³/mol. The summed E-state index contributed by atoms with van der Waals surface area (Å²) in [6.07, 6.45) is 6.80. The van der Waals surface area contributed by atoms with Gasteiger partial charge in [-0.2, -0.15) is 0 Å². The zero-order chi connectivity index (χ0) is 14.5. The van der Waals surface area contributed by atoms with E-state index in [2.05, 4.69) is 0 Å². The maximum absolute atomic E-state index is 12.7. The van der Waals surface area contributed by atoms with Gasteiger partial charge in [0.25, 0.3) is 0 Å². The molecular weight excluding hydrogens is 268 g/mol. The third-order valence-electron chi connectivity index (χ3n) is 4.07. The van der Waals surface area contributed by atoms with Gasteiger partial charge < -0.3 is 10.6 Å². The first-order chi connectivity index (χ1) is 9.61. The van der Waals surface area contributed by atoms with Gasteiger partial charge in [0.05, 0.1) is 5.69 Å². The maximum atomic E-state index is 12.7. The quantitative estimate of drug-likeness (QED) is 0.686. The molecule has 1 aromatic rings. The highest BCUT2D eigenvalue weighted by Crippen LogP contribution is 2.27. The topological polar surface area (TPSA) is 46.3 Å². The minimum Gasteiger partial charge on any atom is -0.389 e. The summed E-state index contributed by atoms with van der Waals surface area (Å²) in [5.41, 5.74) is 7.33. The van der Waals surface area contributed by atoms with Gasteiger partial charge in [0, 0.05) is 18.5 Å². The number of carbonyl (C=O) groups excluding carboxylic acids is 1. The number of para-hydroxylation sites is 1. The van der Waals surface area contributed by atoms with Crippen LogP contribution in [0.15, 0.2) is 24.3 Å². The van der Waals surface area contributed by atoms with Crippen molar-refractivity contribution in [2.24, 2.45) is 11.7 Å². The van der Waals surface area contributed by atoms with Gasteiger partial charge in [-0.25, -0.2) is 0 Å². The number of hydrogen-bond acceptors (Lipinski definition) is 2. The van der Waals surface area contributed by atoms with E-state index in [1.54, 1.807) is 4.90 Å². The first-order valence-corrected chi connectivity index (χ1v) is 7.68. The largest absolute Gasteiger partial charge is 0.389 e. The van der Waals surface area contributed by atoms with E-state index >= 15 is 0 Å². The molecule has 20 heavy (non-hydrogen) atoms. The van der Waals surface area contributed by atoms with Gasteiger partial charge in [0.15, 0.2) is 0 Å². The number of hydrogen-bond donors (Lipinski definition) is 1. The number of thiocarbonyl (C=S) groups is 1. The molecule has 0 unspecified atom stereocenters. The van der Waals surface area contributed by atoms with Crippen LogP contribution < -0.4 is 10.6 Å². The fourth-order valence-electron chi connectivity index (χ4n) is 2.89. The van der Waals surface area contributed by atoms with Crippen LogP contribution in [0, 0.1) is 5.92 Å². The molecule has 1 aliphatic rings. The van der Waals surface area contributed by atoms with E-state index in [9.17, 15) is 4.79 Å². The van der Waals surface area contributed by atoms with Gasteiger partial charge in [-0.3, -0.25) is 4.79 Å². The van der Waals surface area contributed by atoms with Crippen LogP contribution in [-0.2, 0) is 4.79 Å². The van der Waals surface area contributed by atoms with Gasteiger partial charge in [-0.15, -0.1) is 0 Å². The van der Waals surface area contributed by atoms with Crippen LogP contribution in [0.1, 0.15) is 44.1 Å². The minimum atomic E-state index is 0.141. The lowest BCUT2D eigenvalue weighted by Crippen LogP contribution is -2.34. The second-order valence-corrected chi connectivity index (χ2v) is 5.91. The van der Waals surface area contributed by atoms with Crippen molar-refractivity contribution >= 4 is 28.8 Å². The Hall–Kier alpha value is -1.42. The molecule has 0 saturated heterocycles. The van der Waals surface area contributed by atoms with Gasteiger partial charge in [-0.05, 0) is 25.0 Å². The fourth-order valence-corrected chi connectivity index (χ4v) is 3.07. The van der Waals surface area contributed by atoms with Crippen molar-refractivity contribution < 1.29 is 4.79 Å². The standard InChI is InChI=1S/C16H22N2OS/c1-18(14-11-7-6-10-13(14)15(17)20)16(19)12-8-4-2-3-5-9-12/h6-7,10-12H,2-5,8-9H2,1H3,(H2,17,20).